The molecule has 2 aliphatic carbocycles. The molecule has 8 nitrogen and oxygen atoms in total. The Balaban J connectivity index is 1.17. The van der Waals surface area contributed by atoms with Crippen LogP contribution in [0.25, 0.3) is 22.0 Å². The van der Waals surface area contributed by atoms with Crippen molar-refractivity contribution in [2.75, 3.05) is 44.2 Å². The first-order chi connectivity index (χ1) is 21.4. The molecule has 3 saturated heterocycles. The zero-order chi connectivity index (χ0) is 30.0. The highest BCUT2D eigenvalue weighted by atomic mass is 19.1. The van der Waals surface area contributed by atoms with E-state index in [2.05, 4.69) is 58.8 Å². The average Bonchev–Trinajstić information content (AvgIpc) is 3.32. The van der Waals surface area contributed by atoms with Gasteiger partial charge < -0.3 is 14.5 Å². The molecule has 226 valence electrons. The minimum Gasteiger partial charge on any atom is -0.461 e. The molecule has 4 fully saturated rings. The Morgan fingerprint density at radius 2 is 1.98 bits per heavy atom. The number of ether oxygens (including phenoxy) is 1. The van der Waals surface area contributed by atoms with Gasteiger partial charge in [0.15, 0.2) is 5.83 Å². The van der Waals surface area contributed by atoms with Crippen LogP contribution in [0.3, 0.4) is 0 Å². The Kier molecular flexibility index (Phi) is 6.60. The highest BCUT2D eigenvalue weighted by molar-refractivity contribution is 5.94. The van der Waals surface area contributed by atoms with Gasteiger partial charge in [0.2, 0.25) is 0 Å². The number of benzene rings is 2. The molecule has 8 rings (SSSR count). The van der Waals surface area contributed by atoms with Crippen LogP contribution in [0.15, 0.2) is 48.8 Å². The Morgan fingerprint density at radius 1 is 1.14 bits per heavy atom. The lowest BCUT2D eigenvalue weighted by molar-refractivity contribution is -0.131. The maximum absolute atomic E-state index is 13.8. The molecule has 3 aromatic rings. The van der Waals surface area contributed by atoms with E-state index >= 15 is 0 Å². The molecule has 4 heterocycles. The molecular formula is C35H37FN6O2. The Morgan fingerprint density at radius 3 is 2.77 bits per heavy atom. The SMILES string of the molecule is C=C(F)C(=O)N1CCN(c2nc(OCC34CCCN3CCC4)nc3cc(-c4cccc5c4[C@@H]4C[C@@H]4C5)ccc23)C[C@@H]1CC#N. The molecule has 1 aromatic heterocycles. The summed E-state index contributed by atoms with van der Waals surface area (Å²) >= 11 is 0. The van der Waals surface area contributed by atoms with Crippen LogP contribution in [0.2, 0.25) is 0 Å². The van der Waals surface area contributed by atoms with E-state index in [0.29, 0.717) is 31.6 Å². The number of nitrogens with zero attached hydrogens (tertiary/aromatic N) is 6. The van der Waals surface area contributed by atoms with Crippen molar-refractivity contribution in [3.63, 3.8) is 0 Å². The Bertz CT molecular complexity index is 1710. The van der Waals surface area contributed by atoms with E-state index < -0.39 is 17.8 Å². The van der Waals surface area contributed by atoms with Gasteiger partial charge in [0.25, 0.3) is 5.91 Å². The van der Waals surface area contributed by atoms with Crippen molar-refractivity contribution in [3.05, 3.63) is 59.9 Å². The van der Waals surface area contributed by atoms with Crippen molar-refractivity contribution in [1.82, 2.24) is 19.8 Å². The number of amides is 1. The van der Waals surface area contributed by atoms with Crippen molar-refractivity contribution in [2.45, 2.75) is 62.4 Å². The van der Waals surface area contributed by atoms with Crippen molar-refractivity contribution < 1.29 is 13.9 Å². The summed E-state index contributed by atoms with van der Waals surface area (Å²) in [5, 5.41) is 10.4. The van der Waals surface area contributed by atoms with E-state index in [9.17, 15) is 14.4 Å². The zero-order valence-corrected chi connectivity index (χ0v) is 25.0. The Hall–Kier alpha value is -4.03. The van der Waals surface area contributed by atoms with Crippen LogP contribution in [0, 0.1) is 17.2 Å². The van der Waals surface area contributed by atoms with Crippen LogP contribution in [-0.4, -0.2) is 76.6 Å². The van der Waals surface area contributed by atoms with Gasteiger partial charge in [0, 0.05) is 25.0 Å². The second-order valence-corrected chi connectivity index (χ2v) is 13.3. The van der Waals surface area contributed by atoms with Gasteiger partial charge in [-0.3, -0.25) is 9.69 Å². The van der Waals surface area contributed by atoms with E-state index in [0.717, 1.165) is 54.1 Å². The van der Waals surface area contributed by atoms with Gasteiger partial charge in [0.05, 0.1) is 29.6 Å². The van der Waals surface area contributed by atoms with Gasteiger partial charge in [-0.1, -0.05) is 30.8 Å². The van der Waals surface area contributed by atoms with E-state index in [1.807, 2.05) is 0 Å². The molecule has 5 aliphatic rings. The maximum Gasteiger partial charge on any atom is 0.319 e. The smallest absolute Gasteiger partial charge is 0.319 e. The summed E-state index contributed by atoms with van der Waals surface area (Å²) in [7, 11) is 0. The number of hydrogen-bond acceptors (Lipinski definition) is 7. The summed E-state index contributed by atoms with van der Waals surface area (Å²) in [6.07, 6.45) is 7.19. The van der Waals surface area contributed by atoms with E-state index in [-0.39, 0.29) is 18.5 Å². The molecule has 1 saturated carbocycles. The first kappa shape index (κ1) is 27.5. The number of halogens is 1. The fourth-order valence-electron chi connectivity index (χ4n) is 8.57. The summed E-state index contributed by atoms with van der Waals surface area (Å²) in [6, 6.07) is 15.1. The molecule has 44 heavy (non-hydrogen) atoms. The normalized spacial score (nSPS) is 25.0. The maximum atomic E-state index is 13.8. The molecule has 2 aromatic carbocycles. The predicted octanol–water partition coefficient (Wildman–Crippen LogP) is 5.38. The van der Waals surface area contributed by atoms with Crippen LogP contribution >= 0.6 is 0 Å². The number of carbonyl (C=O) groups is 1. The monoisotopic (exact) mass is 592 g/mol. The first-order valence-electron chi connectivity index (χ1n) is 16.0. The van der Waals surface area contributed by atoms with Gasteiger partial charge in [-0.15, -0.1) is 0 Å². The largest absolute Gasteiger partial charge is 0.461 e. The number of carbonyl (C=O) groups excluding carboxylic acids is 1. The highest BCUT2D eigenvalue weighted by Crippen LogP contribution is 2.58. The van der Waals surface area contributed by atoms with E-state index in [4.69, 9.17) is 14.7 Å². The number of hydrogen-bond donors (Lipinski definition) is 0. The number of rotatable bonds is 7. The van der Waals surface area contributed by atoms with Crippen LogP contribution in [0.1, 0.15) is 55.6 Å². The molecule has 0 unspecified atom stereocenters. The second kappa shape index (κ2) is 10.6. The molecular weight excluding hydrogens is 555 g/mol. The van der Waals surface area contributed by atoms with E-state index in [1.54, 1.807) is 0 Å². The van der Waals surface area contributed by atoms with Crippen LogP contribution < -0.4 is 9.64 Å². The van der Waals surface area contributed by atoms with Crippen molar-refractivity contribution in [1.29, 1.82) is 5.26 Å². The second-order valence-electron chi connectivity index (χ2n) is 13.3. The minimum atomic E-state index is -1.01. The molecule has 0 spiro atoms. The summed E-state index contributed by atoms with van der Waals surface area (Å²) in [6.45, 7) is 7.06. The van der Waals surface area contributed by atoms with Gasteiger partial charge in [-0.05, 0) is 97.8 Å². The topological polar surface area (TPSA) is 85.6 Å². The van der Waals surface area contributed by atoms with E-state index in [1.165, 1.54) is 47.3 Å². The lowest BCUT2D eigenvalue weighted by atomic mass is 9.94. The lowest BCUT2D eigenvalue weighted by Gasteiger charge is -2.41. The van der Waals surface area contributed by atoms with Crippen molar-refractivity contribution in [3.8, 4) is 23.2 Å². The van der Waals surface area contributed by atoms with Gasteiger partial charge in [-0.25, -0.2) is 4.39 Å². The standard InChI is InChI=1S/C35H37FN6O2/c1-22(36)33(43)42-16-15-40(20-26(42)9-12-37)32-28-8-7-23(27-6-2-5-24-17-25-18-29(25)31(24)27)19-30(28)38-34(39-32)44-21-35-10-3-13-41(35)14-4-11-35/h2,5-8,19,25-26,29H,1,3-4,9-11,13-18,20-21H2/t25-,26-,29+/m0/s1. The Labute approximate surface area is 257 Å². The molecule has 1 amide bonds. The molecule has 0 bridgehead atoms. The van der Waals surface area contributed by atoms with Crippen molar-refractivity contribution >= 4 is 22.6 Å². The fraction of sp³-hybridized carbons (Fsp3) is 0.486. The molecule has 3 atom stereocenters. The van der Waals surface area contributed by atoms with Crippen molar-refractivity contribution in [2.24, 2.45) is 5.92 Å². The number of aromatic nitrogens is 2. The fourth-order valence-corrected chi connectivity index (χ4v) is 8.57. The van der Waals surface area contributed by atoms with Crippen LogP contribution in [-0.2, 0) is 11.2 Å². The summed E-state index contributed by atoms with van der Waals surface area (Å²) in [5.41, 5.74) is 6.28. The van der Waals surface area contributed by atoms with Crippen LogP contribution in [0.4, 0.5) is 10.2 Å². The summed E-state index contributed by atoms with van der Waals surface area (Å²) < 4.78 is 20.3. The molecule has 0 N–H and O–H groups in total. The summed E-state index contributed by atoms with van der Waals surface area (Å²) in [5.74, 6) is 0.435. The number of piperazine rings is 1. The van der Waals surface area contributed by atoms with Gasteiger partial charge >= 0.3 is 6.01 Å². The quantitative estimate of drug-likeness (QED) is 0.341. The third kappa shape index (κ3) is 4.54. The third-order valence-electron chi connectivity index (χ3n) is 10.8. The van der Waals surface area contributed by atoms with Crippen LogP contribution in [0.5, 0.6) is 6.01 Å². The number of fused-ring (bicyclic) bond motifs is 5. The number of anilines is 1. The minimum absolute atomic E-state index is 0.0599. The molecule has 3 aliphatic heterocycles. The predicted molar refractivity (Wildman–Crippen MR) is 166 cm³/mol. The summed E-state index contributed by atoms with van der Waals surface area (Å²) in [4.78, 5) is 28.6. The zero-order valence-electron chi connectivity index (χ0n) is 25.0. The number of nitriles is 1. The van der Waals surface area contributed by atoms with Gasteiger partial charge in [-0.2, -0.15) is 15.2 Å². The van der Waals surface area contributed by atoms with Gasteiger partial charge in [0.1, 0.15) is 12.4 Å². The average molecular weight is 593 g/mol. The highest BCUT2D eigenvalue weighted by Gasteiger charge is 2.47. The molecule has 0 radical (unpaired) electrons. The first-order valence-corrected chi connectivity index (χ1v) is 16.0. The molecule has 9 heteroatoms. The lowest BCUT2D eigenvalue weighted by Crippen LogP contribution is -2.55. The third-order valence-corrected chi connectivity index (χ3v) is 10.8.